The molecule has 0 spiro atoms. The minimum absolute atomic E-state index is 0.0952. The van der Waals surface area contributed by atoms with Gasteiger partial charge >= 0.3 is 5.69 Å². The van der Waals surface area contributed by atoms with Gasteiger partial charge in [-0.05, 0) is 45.6 Å². The van der Waals surface area contributed by atoms with Crippen molar-refractivity contribution < 1.29 is 9.13 Å². The second-order valence-electron chi connectivity index (χ2n) is 6.52. The molecular formula is C18H20ClFN2O3. The second-order valence-corrected chi connectivity index (χ2v) is 6.92. The molecular weight excluding hydrogens is 347 g/mol. The SMILES string of the molecule is CC(C)Oc1cc(-n2c(=O)c3c(n(C)c2=O)CCCC3)c(F)cc1Cl. The van der Waals surface area contributed by atoms with Gasteiger partial charge in [-0.25, -0.2) is 13.8 Å². The van der Waals surface area contributed by atoms with E-state index in [9.17, 15) is 14.0 Å². The van der Waals surface area contributed by atoms with E-state index >= 15 is 0 Å². The molecule has 0 N–H and O–H groups in total. The lowest BCUT2D eigenvalue weighted by molar-refractivity contribution is 0.242. The molecule has 25 heavy (non-hydrogen) atoms. The molecule has 7 heteroatoms. The average Bonchev–Trinajstić information content (AvgIpc) is 2.56. The van der Waals surface area contributed by atoms with Crippen LogP contribution in [0.1, 0.15) is 37.9 Å². The number of fused-ring (bicyclic) bond motifs is 1. The molecule has 1 heterocycles. The fourth-order valence-corrected chi connectivity index (χ4v) is 3.42. The van der Waals surface area contributed by atoms with E-state index in [1.54, 1.807) is 7.05 Å². The summed E-state index contributed by atoms with van der Waals surface area (Å²) in [4.78, 5) is 25.6. The molecule has 0 radical (unpaired) electrons. The molecule has 1 aliphatic rings. The molecule has 0 fully saturated rings. The lowest BCUT2D eigenvalue weighted by atomic mass is 9.97. The molecule has 0 amide bonds. The van der Waals surface area contributed by atoms with Crippen LogP contribution in [-0.4, -0.2) is 15.2 Å². The minimum atomic E-state index is -0.740. The topological polar surface area (TPSA) is 53.2 Å². The highest BCUT2D eigenvalue weighted by atomic mass is 35.5. The van der Waals surface area contributed by atoms with Crippen LogP contribution in [0.2, 0.25) is 5.02 Å². The number of halogens is 2. The van der Waals surface area contributed by atoms with E-state index < -0.39 is 17.1 Å². The van der Waals surface area contributed by atoms with Crippen LogP contribution in [0.3, 0.4) is 0 Å². The van der Waals surface area contributed by atoms with Gasteiger partial charge in [0.05, 0.1) is 16.8 Å². The third-order valence-corrected chi connectivity index (χ3v) is 4.68. The zero-order valence-corrected chi connectivity index (χ0v) is 15.2. The fourth-order valence-electron chi connectivity index (χ4n) is 3.22. The third-order valence-electron chi connectivity index (χ3n) is 4.39. The first-order chi connectivity index (χ1) is 11.8. The van der Waals surface area contributed by atoms with Gasteiger partial charge in [-0.15, -0.1) is 0 Å². The van der Waals surface area contributed by atoms with Crippen molar-refractivity contribution >= 4 is 11.6 Å². The van der Waals surface area contributed by atoms with Gasteiger partial charge in [0.1, 0.15) is 11.6 Å². The van der Waals surface area contributed by atoms with Crippen LogP contribution in [0.15, 0.2) is 21.7 Å². The Hall–Kier alpha value is -2.08. The predicted molar refractivity (Wildman–Crippen MR) is 94.7 cm³/mol. The Balaban J connectivity index is 2.29. The van der Waals surface area contributed by atoms with Gasteiger partial charge < -0.3 is 9.30 Å². The molecule has 0 aliphatic heterocycles. The van der Waals surface area contributed by atoms with E-state index in [1.807, 2.05) is 13.8 Å². The van der Waals surface area contributed by atoms with Crippen molar-refractivity contribution in [1.29, 1.82) is 0 Å². The minimum Gasteiger partial charge on any atom is -0.489 e. The highest BCUT2D eigenvalue weighted by Gasteiger charge is 2.23. The summed E-state index contributed by atoms with van der Waals surface area (Å²) >= 11 is 6.02. The molecule has 0 saturated carbocycles. The molecule has 0 bridgehead atoms. The van der Waals surface area contributed by atoms with Crippen LogP contribution in [0.4, 0.5) is 4.39 Å². The van der Waals surface area contributed by atoms with Crippen molar-refractivity contribution in [2.24, 2.45) is 7.05 Å². The zero-order valence-electron chi connectivity index (χ0n) is 14.4. The second kappa shape index (κ2) is 6.67. The number of nitrogens with zero attached hydrogens (tertiary/aromatic N) is 2. The summed E-state index contributed by atoms with van der Waals surface area (Å²) in [5.74, 6) is -0.504. The highest BCUT2D eigenvalue weighted by molar-refractivity contribution is 6.32. The molecule has 1 aliphatic carbocycles. The van der Waals surface area contributed by atoms with Gasteiger partial charge in [-0.2, -0.15) is 0 Å². The Morgan fingerprint density at radius 1 is 1.20 bits per heavy atom. The number of benzene rings is 1. The van der Waals surface area contributed by atoms with Crippen molar-refractivity contribution in [3.05, 3.63) is 55.1 Å². The summed E-state index contributed by atoms with van der Waals surface area (Å²) in [6.07, 6.45) is 2.91. The third kappa shape index (κ3) is 3.11. The summed E-state index contributed by atoms with van der Waals surface area (Å²) < 4.78 is 22.4. The van der Waals surface area contributed by atoms with Gasteiger partial charge in [0.25, 0.3) is 5.56 Å². The van der Waals surface area contributed by atoms with Crippen molar-refractivity contribution in [2.45, 2.75) is 45.6 Å². The standard InChI is InChI=1S/C18H20ClFN2O3/c1-10(2)25-16-9-15(13(20)8-12(16)19)22-17(23)11-6-4-5-7-14(11)21(3)18(22)24/h8-10H,4-7H2,1-3H3. The van der Waals surface area contributed by atoms with Crippen molar-refractivity contribution in [3.8, 4) is 11.4 Å². The average molecular weight is 367 g/mol. The van der Waals surface area contributed by atoms with E-state index in [-0.39, 0.29) is 22.6 Å². The molecule has 0 saturated heterocycles. The Labute approximate surface area is 149 Å². The molecule has 1 aromatic carbocycles. The first kappa shape index (κ1) is 17.7. The summed E-state index contributed by atoms with van der Waals surface area (Å²) in [6.45, 7) is 3.62. The van der Waals surface area contributed by atoms with E-state index in [0.717, 1.165) is 29.2 Å². The van der Waals surface area contributed by atoms with Gasteiger partial charge in [0.15, 0.2) is 0 Å². The van der Waals surface area contributed by atoms with Crippen molar-refractivity contribution in [3.63, 3.8) is 0 Å². The summed E-state index contributed by atoms with van der Waals surface area (Å²) in [5, 5.41) is 0.0952. The molecule has 5 nitrogen and oxygen atoms in total. The van der Waals surface area contributed by atoms with Gasteiger partial charge in [-0.1, -0.05) is 11.6 Å². The van der Waals surface area contributed by atoms with E-state index in [2.05, 4.69) is 0 Å². The molecule has 134 valence electrons. The van der Waals surface area contributed by atoms with Gasteiger partial charge in [-0.3, -0.25) is 4.79 Å². The zero-order chi connectivity index (χ0) is 18.3. The largest absolute Gasteiger partial charge is 0.489 e. The van der Waals surface area contributed by atoms with Crippen LogP contribution in [0, 0.1) is 5.82 Å². The first-order valence-corrected chi connectivity index (χ1v) is 8.69. The summed E-state index contributed by atoms with van der Waals surface area (Å²) in [6, 6.07) is 2.38. The van der Waals surface area contributed by atoms with Crippen LogP contribution in [0.5, 0.6) is 5.75 Å². The molecule has 0 unspecified atom stereocenters. The monoisotopic (exact) mass is 366 g/mol. The number of hydrogen-bond acceptors (Lipinski definition) is 3. The van der Waals surface area contributed by atoms with Crippen LogP contribution >= 0.6 is 11.6 Å². The smallest absolute Gasteiger partial charge is 0.335 e. The number of aromatic nitrogens is 2. The number of rotatable bonds is 3. The Morgan fingerprint density at radius 3 is 2.56 bits per heavy atom. The lowest BCUT2D eigenvalue weighted by Crippen LogP contribution is -2.43. The molecule has 0 atom stereocenters. The maximum absolute atomic E-state index is 14.5. The van der Waals surface area contributed by atoms with Crippen molar-refractivity contribution in [1.82, 2.24) is 9.13 Å². The van der Waals surface area contributed by atoms with Crippen LogP contribution < -0.4 is 16.0 Å². The summed E-state index contributed by atoms with van der Waals surface area (Å²) in [7, 11) is 1.61. The number of hydrogen-bond donors (Lipinski definition) is 0. The Morgan fingerprint density at radius 2 is 1.88 bits per heavy atom. The lowest BCUT2D eigenvalue weighted by Gasteiger charge is -2.21. The Bertz CT molecular complexity index is 947. The molecule has 1 aromatic heterocycles. The van der Waals surface area contributed by atoms with Gasteiger partial charge in [0.2, 0.25) is 0 Å². The maximum Gasteiger partial charge on any atom is 0.335 e. The van der Waals surface area contributed by atoms with Crippen LogP contribution in [0.25, 0.3) is 5.69 Å². The number of ether oxygens (including phenoxy) is 1. The molecule has 2 aromatic rings. The van der Waals surface area contributed by atoms with Crippen LogP contribution in [-0.2, 0) is 19.9 Å². The summed E-state index contributed by atoms with van der Waals surface area (Å²) in [5.41, 5.74) is 0.149. The fraction of sp³-hybridized carbons (Fsp3) is 0.444. The van der Waals surface area contributed by atoms with E-state index in [0.29, 0.717) is 18.4 Å². The maximum atomic E-state index is 14.5. The van der Waals surface area contributed by atoms with E-state index in [1.165, 1.54) is 10.6 Å². The highest BCUT2D eigenvalue weighted by Crippen LogP contribution is 2.30. The van der Waals surface area contributed by atoms with Gasteiger partial charge in [0, 0.05) is 24.4 Å². The first-order valence-electron chi connectivity index (χ1n) is 8.31. The van der Waals surface area contributed by atoms with Crippen molar-refractivity contribution in [2.75, 3.05) is 0 Å². The quantitative estimate of drug-likeness (QED) is 0.839. The van der Waals surface area contributed by atoms with E-state index in [4.69, 9.17) is 16.3 Å². The normalized spacial score (nSPS) is 13.8. The predicted octanol–water partition coefficient (Wildman–Crippen LogP) is 2.99. The molecule has 3 rings (SSSR count). The Kier molecular flexibility index (Phi) is 4.73.